The topological polar surface area (TPSA) is 109 Å². The number of piperazine rings is 1. The van der Waals surface area contributed by atoms with Crippen LogP contribution in [0.4, 0.5) is 10.6 Å². The number of amides is 2. The van der Waals surface area contributed by atoms with E-state index < -0.39 is 21.5 Å². The van der Waals surface area contributed by atoms with Crippen LogP contribution in [0, 0.1) is 0 Å². The van der Waals surface area contributed by atoms with Crippen molar-refractivity contribution in [3.05, 3.63) is 16.8 Å². The fraction of sp³-hybridized carbons (Fsp3) is 0.650. The number of fused-ring (bicyclic) bond motifs is 2. The number of aromatic nitrogens is 1. The van der Waals surface area contributed by atoms with Crippen LogP contribution in [0.15, 0.2) is 6.07 Å². The highest BCUT2D eigenvalue weighted by Gasteiger charge is 2.40. The molecule has 1 unspecified atom stereocenters. The van der Waals surface area contributed by atoms with Gasteiger partial charge in [-0.15, -0.1) is 0 Å². The number of hydrogen-bond acceptors (Lipinski definition) is 8. The van der Waals surface area contributed by atoms with Crippen molar-refractivity contribution in [2.75, 3.05) is 55.7 Å². The molecule has 1 aromatic rings. The van der Waals surface area contributed by atoms with E-state index in [1.54, 1.807) is 35.5 Å². The number of pyridine rings is 1. The zero-order valence-electron chi connectivity index (χ0n) is 18.3. The van der Waals surface area contributed by atoms with Crippen LogP contribution in [0.1, 0.15) is 31.1 Å². The minimum Gasteiger partial charge on any atom is -0.490 e. The summed E-state index contributed by atoms with van der Waals surface area (Å²) in [4.78, 5) is 35.5. The lowest BCUT2D eigenvalue weighted by atomic mass is 10.1. The highest BCUT2D eigenvalue weighted by atomic mass is 35.5. The van der Waals surface area contributed by atoms with Crippen molar-refractivity contribution < 1.29 is 27.5 Å². The highest BCUT2D eigenvalue weighted by Crippen LogP contribution is 2.35. The number of nitrogens with zero attached hydrogens (tertiary/aromatic N) is 4. The number of carbonyl (C=O) groups excluding carboxylic acids is 2. The first-order chi connectivity index (χ1) is 14.9. The molecule has 32 heavy (non-hydrogen) atoms. The SMILES string of the molecule is CC(C)(C)OC(=O)N1CCN2C(=O)c3c(cc(Cl)nc3N3CCS(=O)(=O)CC3)OCC2C1. The molecule has 2 fully saturated rings. The normalized spacial score (nSPS) is 23.1. The average molecular weight is 487 g/mol. The second-order valence-electron chi connectivity index (χ2n) is 9.17. The fourth-order valence-electron chi connectivity index (χ4n) is 4.03. The minimum atomic E-state index is -3.10. The highest BCUT2D eigenvalue weighted by molar-refractivity contribution is 7.91. The molecule has 176 valence electrons. The number of hydrogen-bond donors (Lipinski definition) is 0. The summed E-state index contributed by atoms with van der Waals surface area (Å²) in [5, 5.41) is 0.162. The van der Waals surface area contributed by atoms with Gasteiger partial charge in [-0.25, -0.2) is 18.2 Å². The van der Waals surface area contributed by atoms with Crippen LogP contribution in [0.25, 0.3) is 0 Å². The molecular formula is C20H27ClN4O6S. The van der Waals surface area contributed by atoms with Crippen molar-refractivity contribution in [2.45, 2.75) is 32.4 Å². The molecule has 0 aliphatic carbocycles. The summed E-state index contributed by atoms with van der Waals surface area (Å²) in [5.74, 6) is 0.364. The Morgan fingerprint density at radius 1 is 1.22 bits per heavy atom. The van der Waals surface area contributed by atoms with Gasteiger partial charge in [-0.1, -0.05) is 11.6 Å². The average Bonchev–Trinajstić information content (AvgIpc) is 2.83. The standard InChI is InChI=1S/C20H27ClN4O6S/c1-20(2,3)31-19(27)24-4-5-25-13(11-24)12-30-14-10-15(21)22-17(16(14)18(25)26)23-6-8-32(28,29)9-7-23/h10,13H,4-9,11-12H2,1-3H3. The largest absolute Gasteiger partial charge is 0.490 e. The Bertz CT molecular complexity index is 1030. The first kappa shape index (κ1) is 22.9. The number of sulfone groups is 1. The van der Waals surface area contributed by atoms with Crippen LogP contribution in [0.2, 0.25) is 5.15 Å². The Hall–Kier alpha value is -2.27. The van der Waals surface area contributed by atoms with E-state index in [4.69, 9.17) is 21.1 Å². The lowest BCUT2D eigenvalue weighted by Crippen LogP contribution is -2.58. The zero-order chi connectivity index (χ0) is 23.3. The monoisotopic (exact) mass is 486 g/mol. The summed E-state index contributed by atoms with van der Waals surface area (Å²) < 4.78 is 35.1. The molecule has 0 N–H and O–H groups in total. The number of ether oxygens (including phenoxy) is 2. The minimum absolute atomic E-state index is 0.0117. The van der Waals surface area contributed by atoms with Gasteiger partial charge in [-0.3, -0.25) is 4.79 Å². The lowest BCUT2D eigenvalue weighted by molar-refractivity contribution is 0.000953. The van der Waals surface area contributed by atoms with Gasteiger partial charge in [0.25, 0.3) is 5.91 Å². The summed E-state index contributed by atoms with van der Waals surface area (Å²) in [5.41, 5.74) is -0.332. The molecule has 2 amide bonds. The summed E-state index contributed by atoms with van der Waals surface area (Å²) in [6, 6.07) is 1.15. The lowest BCUT2D eigenvalue weighted by Gasteiger charge is -2.40. The van der Waals surface area contributed by atoms with E-state index in [1.165, 1.54) is 6.07 Å². The maximum absolute atomic E-state index is 13.6. The van der Waals surface area contributed by atoms with Crippen LogP contribution in [-0.2, 0) is 14.6 Å². The third kappa shape index (κ3) is 4.73. The third-order valence-corrected chi connectivity index (χ3v) is 7.42. The number of rotatable bonds is 1. The Morgan fingerprint density at radius 3 is 2.56 bits per heavy atom. The molecular weight excluding hydrogens is 460 g/mol. The Morgan fingerprint density at radius 2 is 1.91 bits per heavy atom. The van der Waals surface area contributed by atoms with Gasteiger partial charge in [0, 0.05) is 38.8 Å². The predicted octanol–water partition coefficient (Wildman–Crippen LogP) is 1.42. The predicted molar refractivity (Wildman–Crippen MR) is 118 cm³/mol. The number of halogens is 1. The smallest absolute Gasteiger partial charge is 0.410 e. The van der Waals surface area contributed by atoms with Gasteiger partial charge in [-0.2, -0.15) is 0 Å². The van der Waals surface area contributed by atoms with Gasteiger partial charge in [0.1, 0.15) is 34.5 Å². The van der Waals surface area contributed by atoms with Crippen LogP contribution < -0.4 is 9.64 Å². The van der Waals surface area contributed by atoms with Crippen molar-refractivity contribution in [3.8, 4) is 5.75 Å². The second-order valence-corrected chi connectivity index (χ2v) is 11.9. The van der Waals surface area contributed by atoms with Crippen LogP contribution in [0.3, 0.4) is 0 Å². The van der Waals surface area contributed by atoms with Crippen LogP contribution in [-0.4, -0.2) is 97.7 Å². The van der Waals surface area contributed by atoms with E-state index in [1.807, 2.05) is 0 Å². The molecule has 0 radical (unpaired) electrons. The summed E-state index contributed by atoms with van der Waals surface area (Å²) in [7, 11) is -3.10. The van der Waals surface area contributed by atoms with E-state index in [0.29, 0.717) is 24.7 Å². The van der Waals surface area contributed by atoms with E-state index in [2.05, 4.69) is 4.98 Å². The van der Waals surface area contributed by atoms with Gasteiger partial charge >= 0.3 is 6.09 Å². The quantitative estimate of drug-likeness (QED) is 0.548. The maximum Gasteiger partial charge on any atom is 0.410 e. The zero-order valence-corrected chi connectivity index (χ0v) is 19.9. The number of carbonyl (C=O) groups is 2. The molecule has 2 saturated heterocycles. The molecule has 4 heterocycles. The maximum atomic E-state index is 13.6. The molecule has 1 atom stereocenters. The first-order valence-corrected chi connectivity index (χ1v) is 12.7. The molecule has 3 aliphatic rings. The Kier molecular flexibility index (Phi) is 5.91. The van der Waals surface area contributed by atoms with E-state index in [9.17, 15) is 18.0 Å². The van der Waals surface area contributed by atoms with Gasteiger partial charge in [0.2, 0.25) is 0 Å². The van der Waals surface area contributed by atoms with E-state index >= 15 is 0 Å². The molecule has 3 aliphatic heterocycles. The molecule has 0 bridgehead atoms. The van der Waals surface area contributed by atoms with Gasteiger partial charge in [-0.05, 0) is 20.8 Å². The Balaban J connectivity index is 1.59. The van der Waals surface area contributed by atoms with Crippen molar-refractivity contribution in [1.82, 2.24) is 14.8 Å². The van der Waals surface area contributed by atoms with E-state index in [-0.39, 0.29) is 60.4 Å². The molecule has 0 aromatic carbocycles. The molecule has 12 heteroatoms. The summed E-state index contributed by atoms with van der Waals surface area (Å²) in [6.07, 6.45) is -0.425. The Labute approximate surface area is 192 Å². The van der Waals surface area contributed by atoms with Crippen LogP contribution >= 0.6 is 11.6 Å². The molecule has 10 nitrogen and oxygen atoms in total. The summed E-state index contributed by atoms with van der Waals surface area (Å²) in [6.45, 7) is 7.00. The van der Waals surface area contributed by atoms with Crippen LogP contribution in [0.5, 0.6) is 5.75 Å². The molecule has 1 aromatic heterocycles. The summed E-state index contributed by atoms with van der Waals surface area (Å²) >= 11 is 6.21. The van der Waals surface area contributed by atoms with Gasteiger partial charge in [0.15, 0.2) is 9.84 Å². The van der Waals surface area contributed by atoms with Gasteiger partial charge in [0.05, 0.1) is 17.5 Å². The van der Waals surface area contributed by atoms with Crippen molar-refractivity contribution >= 4 is 39.3 Å². The molecule has 0 spiro atoms. The first-order valence-electron chi connectivity index (χ1n) is 10.5. The molecule has 4 rings (SSSR count). The van der Waals surface area contributed by atoms with Gasteiger partial charge < -0.3 is 24.2 Å². The fourth-order valence-corrected chi connectivity index (χ4v) is 5.42. The van der Waals surface area contributed by atoms with Crippen molar-refractivity contribution in [1.29, 1.82) is 0 Å². The number of anilines is 1. The van der Waals surface area contributed by atoms with E-state index in [0.717, 1.165) is 0 Å². The van der Waals surface area contributed by atoms with Crippen molar-refractivity contribution in [3.63, 3.8) is 0 Å². The van der Waals surface area contributed by atoms with Crippen molar-refractivity contribution in [2.24, 2.45) is 0 Å². The third-order valence-electron chi connectivity index (χ3n) is 5.62. The molecule has 0 saturated carbocycles. The second kappa shape index (κ2) is 8.26.